The number of aliphatic carboxylic acids is 1. The van der Waals surface area contributed by atoms with Crippen LogP contribution >= 0.6 is 11.8 Å². The minimum Gasteiger partial charge on any atom is -0.550 e. The second kappa shape index (κ2) is 10.1. The topological polar surface area (TPSA) is 123 Å². The summed E-state index contributed by atoms with van der Waals surface area (Å²) in [6, 6.07) is 9.68. The summed E-state index contributed by atoms with van der Waals surface area (Å²) in [4.78, 5) is 33.8. The van der Waals surface area contributed by atoms with Crippen molar-refractivity contribution in [3.63, 3.8) is 0 Å². The van der Waals surface area contributed by atoms with Crippen LogP contribution in [0.5, 0.6) is 0 Å². The summed E-state index contributed by atoms with van der Waals surface area (Å²) in [5.74, 6) is -1.99. The van der Waals surface area contributed by atoms with Crippen LogP contribution in [0.1, 0.15) is 18.4 Å². The van der Waals surface area contributed by atoms with Crippen LogP contribution in [0, 0.1) is 0 Å². The van der Waals surface area contributed by atoms with Crippen molar-refractivity contribution in [2.75, 3.05) is 6.54 Å². The third-order valence-electron chi connectivity index (χ3n) is 3.19. The molecule has 2 amide bonds. The lowest BCUT2D eigenvalue weighted by atomic mass is 10.2. The second-order valence-corrected chi connectivity index (χ2v) is 6.40. The van der Waals surface area contributed by atoms with E-state index < -0.39 is 17.1 Å². The van der Waals surface area contributed by atoms with Gasteiger partial charge in [0.2, 0.25) is 11.8 Å². The fourth-order valence-electron chi connectivity index (χ4n) is 1.97. The van der Waals surface area contributed by atoms with Crippen LogP contribution in [0.25, 0.3) is 6.08 Å². The molecule has 2 N–H and O–H groups in total. The number of carboxylic acid groups (broad SMARTS) is 1. The van der Waals surface area contributed by atoms with Gasteiger partial charge in [-0.1, -0.05) is 48.2 Å². The molecule has 9 heteroatoms. The van der Waals surface area contributed by atoms with Gasteiger partial charge in [-0.2, -0.15) is 5.10 Å². The van der Waals surface area contributed by atoms with E-state index in [0.717, 1.165) is 17.3 Å². The number of carbonyl (C=O) groups excluding carboxylic acids is 3. The molecule has 1 aliphatic heterocycles. The monoisotopic (exact) mass is 373 g/mol. The van der Waals surface area contributed by atoms with Crippen LogP contribution < -0.4 is 15.7 Å². The van der Waals surface area contributed by atoms with Gasteiger partial charge in [0.15, 0.2) is 5.17 Å². The summed E-state index contributed by atoms with van der Waals surface area (Å²) in [7, 11) is 0. The Balaban J connectivity index is 1.78. The largest absolute Gasteiger partial charge is 0.550 e. The van der Waals surface area contributed by atoms with E-state index in [1.54, 1.807) is 6.08 Å². The first-order valence-electron chi connectivity index (χ1n) is 7.81. The normalized spacial score (nSPS) is 18.5. The van der Waals surface area contributed by atoms with Gasteiger partial charge in [0.25, 0.3) is 0 Å². The van der Waals surface area contributed by atoms with Crippen molar-refractivity contribution in [3.05, 3.63) is 42.0 Å². The summed E-state index contributed by atoms with van der Waals surface area (Å²) in [6.07, 6.45) is 4.74. The summed E-state index contributed by atoms with van der Waals surface area (Å²) >= 11 is 1.10. The quantitative estimate of drug-likeness (QED) is 0.487. The number of carbonyl (C=O) groups is 3. The van der Waals surface area contributed by atoms with Crippen molar-refractivity contribution in [3.8, 4) is 0 Å². The number of thioether (sulfide) groups is 1. The molecular weight excluding hydrogens is 356 g/mol. The average Bonchev–Trinajstić information content (AvgIpc) is 2.94. The zero-order chi connectivity index (χ0) is 18.8. The van der Waals surface area contributed by atoms with Gasteiger partial charge in [0.05, 0.1) is 0 Å². The molecule has 136 valence electrons. The van der Waals surface area contributed by atoms with Crippen molar-refractivity contribution in [1.29, 1.82) is 0 Å². The minimum atomic E-state index is -1.24. The van der Waals surface area contributed by atoms with Crippen LogP contribution in [0.4, 0.5) is 0 Å². The SMILES string of the molecule is O=C([O-])CCNC(=O)CC1SC(=NN=CC=Cc2ccccc2)NC1=O. The molecule has 1 aliphatic rings. The lowest BCUT2D eigenvalue weighted by molar-refractivity contribution is -0.305. The maximum atomic E-state index is 11.8. The fraction of sp³-hybridized carbons (Fsp3) is 0.235. The highest BCUT2D eigenvalue weighted by atomic mass is 32.2. The van der Waals surface area contributed by atoms with E-state index in [-0.39, 0.29) is 25.3 Å². The molecule has 0 saturated carbocycles. The molecule has 1 aromatic carbocycles. The van der Waals surface area contributed by atoms with E-state index in [4.69, 9.17) is 0 Å². The molecule has 1 unspecified atom stereocenters. The number of amidine groups is 1. The Labute approximate surface area is 154 Å². The van der Waals surface area contributed by atoms with Gasteiger partial charge in [-0.05, 0) is 11.6 Å². The molecular formula is C17H17N4O4S-. The zero-order valence-corrected chi connectivity index (χ0v) is 14.6. The molecule has 26 heavy (non-hydrogen) atoms. The molecule has 1 fully saturated rings. The van der Waals surface area contributed by atoms with Gasteiger partial charge in [0, 0.05) is 31.6 Å². The van der Waals surface area contributed by atoms with Crippen molar-refractivity contribution < 1.29 is 19.5 Å². The molecule has 2 rings (SSSR count). The molecule has 1 saturated heterocycles. The number of benzene rings is 1. The standard InChI is InChI=1S/C17H18N4O4S/c22-14(18-10-8-15(23)24)11-13-16(25)20-17(26-13)21-19-9-4-7-12-5-2-1-3-6-12/h1-7,9,13H,8,10-11H2,(H,18,22)(H,23,24)(H,20,21,25)/p-1. The summed E-state index contributed by atoms with van der Waals surface area (Å²) in [5.41, 5.74) is 1.03. The van der Waals surface area contributed by atoms with E-state index in [2.05, 4.69) is 20.8 Å². The maximum Gasteiger partial charge on any atom is 0.240 e. The Morgan fingerprint density at radius 2 is 2.08 bits per heavy atom. The molecule has 0 radical (unpaired) electrons. The Bertz CT molecular complexity index is 746. The average molecular weight is 373 g/mol. The van der Waals surface area contributed by atoms with Crippen LogP contribution in [0.2, 0.25) is 0 Å². The Kier molecular flexibility index (Phi) is 7.56. The number of hydrogen-bond acceptors (Lipinski definition) is 7. The molecule has 0 spiro atoms. The summed E-state index contributed by atoms with van der Waals surface area (Å²) in [5, 5.41) is 22.7. The number of nitrogens with one attached hydrogen (secondary N) is 2. The smallest absolute Gasteiger partial charge is 0.240 e. The zero-order valence-electron chi connectivity index (χ0n) is 13.8. The van der Waals surface area contributed by atoms with Gasteiger partial charge in [-0.25, -0.2) is 0 Å². The number of carboxylic acids is 1. The van der Waals surface area contributed by atoms with E-state index in [1.165, 1.54) is 6.21 Å². The van der Waals surface area contributed by atoms with E-state index in [0.29, 0.717) is 5.17 Å². The number of nitrogens with zero attached hydrogens (tertiary/aromatic N) is 2. The van der Waals surface area contributed by atoms with E-state index in [1.807, 2.05) is 36.4 Å². The lowest BCUT2D eigenvalue weighted by Gasteiger charge is -2.07. The van der Waals surface area contributed by atoms with Crippen LogP contribution in [-0.4, -0.2) is 41.0 Å². The minimum absolute atomic E-state index is 0.0286. The van der Waals surface area contributed by atoms with Gasteiger partial charge in [-0.15, -0.1) is 5.10 Å². The molecule has 8 nitrogen and oxygen atoms in total. The summed E-state index contributed by atoms with van der Waals surface area (Å²) in [6.45, 7) is -0.0286. The predicted molar refractivity (Wildman–Crippen MR) is 98.2 cm³/mol. The second-order valence-electron chi connectivity index (χ2n) is 5.21. The Morgan fingerprint density at radius 3 is 2.81 bits per heavy atom. The van der Waals surface area contributed by atoms with Crippen molar-refractivity contribution in [2.24, 2.45) is 10.2 Å². The molecule has 0 aromatic heterocycles. The van der Waals surface area contributed by atoms with Crippen LogP contribution in [0.15, 0.2) is 46.6 Å². The molecule has 1 aromatic rings. The van der Waals surface area contributed by atoms with Gasteiger partial charge >= 0.3 is 0 Å². The number of hydrogen-bond donors (Lipinski definition) is 2. The van der Waals surface area contributed by atoms with E-state index in [9.17, 15) is 19.5 Å². The third kappa shape index (κ3) is 6.89. The van der Waals surface area contributed by atoms with Crippen LogP contribution in [-0.2, 0) is 14.4 Å². The maximum absolute atomic E-state index is 11.8. The lowest BCUT2D eigenvalue weighted by Crippen LogP contribution is -2.34. The van der Waals surface area contributed by atoms with Crippen molar-refractivity contribution >= 4 is 47.0 Å². The first-order valence-corrected chi connectivity index (χ1v) is 8.69. The van der Waals surface area contributed by atoms with Crippen LogP contribution in [0.3, 0.4) is 0 Å². The molecule has 0 bridgehead atoms. The van der Waals surface area contributed by atoms with Crippen molar-refractivity contribution in [1.82, 2.24) is 10.6 Å². The van der Waals surface area contributed by atoms with Gasteiger partial charge in [-0.3, -0.25) is 9.59 Å². The van der Waals surface area contributed by atoms with Crippen molar-refractivity contribution in [2.45, 2.75) is 18.1 Å². The highest BCUT2D eigenvalue weighted by Crippen LogP contribution is 2.22. The van der Waals surface area contributed by atoms with Gasteiger partial charge in [0.1, 0.15) is 5.25 Å². The first-order chi connectivity index (χ1) is 12.5. The van der Waals surface area contributed by atoms with E-state index >= 15 is 0 Å². The predicted octanol–water partition coefficient (Wildman–Crippen LogP) is -0.0805. The molecule has 1 atom stereocenters. The number of allylic oxidation sites excluding steroid dienone is 1. The Morgan fingerprint density at radius 1 is 1.31 bits per heavy atom. The summed E-state index contributed by atoms with van der Waals surface area (Å²) < 4.78 is 0. The van der Waals surface area contributed by atoms with Gasteiger partial charge < -0.3 is 20.5 Å². The fourth-order valence-corrected chi connectivity index (χ4v) is 2.90. The molecule has 0 aliphatic carbocycles. The Hall–Kier alpha value is -2.94. The third-order valence-corrected chi connectivity index (χ3v) is 4.26. The number of amides is 2. The molecule has 1 heterocycles. The number of rotatable bonds is 8. The highest BCUT2D eigenvalue weighted by molar-refractivity contribution is 8.15. The first kappa shape index (κ1) is 19.4. The highest BCUT2D eigenvalue weighted by Gasteiger charge is 2.32.